The van der Waals surface area contributed by atoms with E-state index in [2.05, 4.69) is 33.4 Å². The third-order valence-electron chi connectivity index (χ3n) is 2.09. The molecule has 1 saturated heterocycles. The van der Waals surface area contributed by atoms with Crippen molar-refractivity contribution in [1.82, 2.24) is 5.32 Å². The Kier molecular flexibility index (Phi) is 1.34. The number of fused-ring (bicyclic) bond motifs is 1. The van der Waals surface area contributed by atoms with Crippen LogP contribution in [0.25, 0.3) is 0 Å². The molecule has 1 fully saturated rings. The number of halogens is 1. The van der Waals surface area contributed by atoms with Crippen molar-refractivity contribution < 1.29 is 4.79 Å². The average Bonchev–Trinajstić information content (AvgIpc) is 1.92. The van der Waals surface area contributed by atoms with Crippen LogP contribution in [0.3, 0.4) is 0 Å². The summed E-state index contributed by atoms with van der Waals surface area (Å²) in [5.41, 5.74) is 0. The third-order valence-corrected chi connectivity index (χ3v) is 2.76. The van der Waals surface area contributed by atoms with Crippen molar-refractivity contribution >= 4 is 21.8 Å². The van der Waals surface area contributed by atoms with E-state index in [4.69, 9.17) is 0 Å². The van der Waals surface area contributed by atoms with Gasteiger partial charge in [-0.1, -0.05) is 28.1 Å². The van der Waals surface area contributed by atoms with Gasteiger partial charge in [-0.05, 0) is 6.42 Å². The summed E-state index contributed by atoms with van der Waals surface area (Å²) in [7, 11) is 0. The largest absolute Gasteiger partial charge is 0.349 e. The van der Waals surface area contributed by atoms with Gasteiger partial charge < -0.3 is 5.32 Å². The van der Waals surface area contributed by atoms with E-state index in [9.17, 15) is 4.79 Å². The number of allylic oxidation sites excluding steroid dienone is 1. The minimum absolute atomic E-state index is 0.207. The Hall–Kier alpha value is -0.310. The van der Waals surface area contributed by atoms with Gasteiger partial charge in [-0.3, -0.25) is 4.79 Å². The van der Waals surface area contributed by atoms with Gasteiger partial charge in [0.2, 0.25) is 5.91 Å². The summed E-state index contributed by atoms with van der Waals surface area (Å²) in [5.74, 6) is 0.452. The Labute approximate surface area is 67.8 Å². The highest BCUT2D eigenvalue weighted by molar-refractivity contribution is 9.09. The van der Waals surface area contributed by atoms with E-state index in [1.165, 1.54) is 0 Å². The molecule has 2 nitrogen and oxygen atoms in total. The Morgan fingerprint density at radius 3 is 3.00 bits per heavy atom. The fraction of sp³-hybridized carbons (Fsp3) is 0.571. The molecular weight excluding hydrogens is 194 g/mol. The van der Waals surface area contributed by atoms with E-state index in [0.29, 0.717) is 10.9 Å². The molecule has 0 aromatic carbocycles. The number of carbonyl (C=O) groups is 1. The summed E-state index contributed by atoms with van der Waals surface area (Å²) in [6, 6.07) is 0.335. The fourth-order valence-corrected chi connectivity index (χ4v) is 2.02. The van der Waals surface area contributed by atoms with E-state index in [0.717, 1.165) is 6.42 Å². The van der Waals surface area contributed by atoms with Crippen LogP contribution in [0, 0.1) is 5.92 Å². The molecule has 54 valence electrons. The van der Waals surface area contributed by atoms with Crippen LogP contribution in [0.4, 0.5) is 0 Å². The summed E-state index contributed by atoms with van der Waals surface area (Å²) in [5, 5.41) is 2.82. The lowest BCUT2D eigenvalue weighted by atomic mass is 9.82. The summed E-state index contributed by atoms with van der Waals surface area (Å²) in [6.45, 7) is 0. The van der Waals surface area contributed by atoms with Gasteiger partial charge in [0, 0.05) is 4.83 Å². The van der Waals surface area contributed by atoms with Crippen molar-refractivity contribution in [3.05, 3.63) is 12.2 Å². The predicted molar refractivity (Wildman–Crippen MR) is 41.9 cm³/mol. The fourth-order valence-electron chi connectivity index (χ4n) is 1.44. The molecule has 3 atom stereocenters. The zero-order valence-corrected chi connectivity index (χ0v) is 6.97. The van der Waals surface area contributed by atoms with Gasteiger partial charge in [0.1, 0.15) is 0 Å². The van der Waals surface area contributed by atoms with Crippen LogP contribution in [0.5, 0.6) is 0 Å². The standard InChI is InChI=1S/C7H8BrNO/c8-4-1-2-6-5(3-4)7(10)9-6/h1-2,4-6H,3H2,(H,9,10). The van der Waals surface area contributed by atoms with E-state index >= 15 is 0 Å². The van der Waals surface area contributed by atoms with Gasteiger partial charge in [-0.25, -0.2) is 0 Å². The van der Waals surface area contributed by atoms with Crippen LogP contribution in [-0.2, 0) is 4.79 Å². The Morgan fingerprint density at radius 2 is 2.40 bits per heavy atom. The van der Waals surface area contributed by atoms with Gasteiger partial charge in [-0.2, -0.15) is 0 Å². The molecule has 0 bridgehead atoms. The first-order valence-corrected chi connectivity index (χ1v) is 4.32. The average molecular weight is 202 g/mol. The Bertz CT molecular complexity index is 202. The number of amides is 1. The van der Waals surface area contributed by atoms with Crippen molar-refractivity contribution in [2.75, 3.05) is 0 Å². The van der Waals surface area contributed by atoms with Crippen LogP contribution in [0.2, 0.25) is 0 Å². The van der Waals surface area contributed by atoms with Crippen LogP contribution in [-0.4, -0.2) is 16.8 Å². The Balaban J connectivity index is 2.13. The molecule has 2 rings (SSSR count). The van der Waals surface area contributed by atoms with Gasteiger partial charge in [-0.15, -0.1) is 0 Å². The zero-order chi connectivity index (χ0) is 7.14. The maximum absolute atomic E-state index is 10.8. The van der Waals surface area contributed by atoms with Gasteiger partial charge in [0.05, 0.1) is 12.0 Å². The minimum atomic E-state index is 0.207. The number of alkyl halides is 1. The monoisotopic (exact) mass is 201 g/mol. The van der Waals surface area contributed by atoms with Crippen LogP contribution < -0.4 is 5.32 Å². The second-order valence-electron chi connectivity index (χ2n) is 2.78. The summed E-state index contributed by atoms with van der Waals surface area (Å²) >= 11 is 3.45. The molecular formula is C7H8BrNO. The van der Waals surface area contributed by atoms with Gasteiger partial charge >= 0.3 is 0 Å². The quantitative estimate of drug-likeness (QED) is 0.351. The molecule has 0 aromatic heterocycles. The number of nitrogens with one attached hydrogen (secondary N) is 1. The molecule has 0 spiro atoms. The van der Waals surface area contributed by atoms with Crippen molar-refractivity contribution in [1.29, 1.82) is 0 Å². The first kappa shape index (κ1) is 6.40. The third kappa shape index (κ3) is 0.804. The maximum atomic E-state index is 10.8. The molecule has 2 aliphatic rings. The zero-order valence-electron chi connectivity index (χ0n) is 5.38. The normalized spacial score (nSPS) is 43.7. The lowest BCUT2D eigenvalue weighted by Crippen LogP contribution is -2.58. The second-order valence-corrected chi connectivity index (χ2v) is 3.95. The van der Waals surface area contributed by atoms with E-state index in [1.807, 2.05) is 0 Å². The highest BCUT2D eigenvalue weighted by atomic mass is 79.9. The maximum Gasteiger partial charge on any atom is 0.226 e. The summed E-state index contributed by atoms with van der Waals surface area (Å²) < 4.78 is 0. The van der Waals surface area contributed by atoms with Crippen molar-refractivity contribution in [2.45, 2.75) is 17.3 Å². The number of rotatable bonds is 0. The lowest BCUT2D eigenvalue weighted by Gasteiger charge is -2.38. The molecule has 1 heterocycles. The smallest absolute Gasteiger partial charge is 0.226 e. The molecule has 1 aliphatic heterocycles. The van der Waals surface area contributed by atoms with Crippen LogP contribution in [0.1, 0.15) is 6.42 Å². The number of hydrogen-bond acceptors (Lipinski definition) is 1. The molecule has 1 aliphatic carbocycles. The SMILES string of the molecule is O=C1NC2C=CC(Br)CC12. The second kappa shape index (κ2) is 2.09. The number of carbonyl (C=O) groups excluding carboxylic acids is 1. The Morgan fingerprint density at radius 1 is 1.60 bits per heavy atom. The summed E-state index contributed by atoms with van der Waals surface area (Å²) in [6.07, 6.45) is 5.11. The first-order valence-electron chi connectivity index (χ1n) is 3.40. The highest BCUT2D eigenvalue weighted by Gasteiger charge is 2.40. The first-order chi connectivity index (χ1) is 4.77. The van der Waals surface area contributed by atoms with Gasteiger partial charge in [0.25, 0.3) is 0 Å². The van der Waals surface area contributed by atoms with Crippen molar-refractivity contribution in [3.8, 4) is 0 Å². The van der Waals surface area contributed by atoms with E-state index in [1.54, 1.807) is 0 Å². The summed E-state index contributed by atoms with van der Waals surface area (Å²) in [4.78, 5) is 11.2. The van der Waals surface area contributed by atoms with Gasteiger partial charge in [0.15, 0.2) is 0 Å². The molecule has 0 aromatic rings. The molecule has 1 N–H and O–H groups in total. The molecule has 3 heteroatoms. The van der Waals surface area contributed by atoms with Crippen LogP contribution >= 0.6 is 15.9 Å². The minimum Gasteiger partial charge on any atom is -0.349 e. The molecule has 3 unspecified atom stereocenters. The van der Waals surface area contributed by atoms with Crippen molar-refractivity contribution in [2.24, 2.45) is 5.92 Å². The molecule has 1 amide bonds. The number of β-lactam (4-membered cyclic amide) rings is 1. The molecule has 0 saturated carbocycles. The molecule has 0 radical (unpaired) electrons. The number of hydrogen-bond donors (Lipinski definition) is 1. The van der Waals surface area contributed by atoms with E-state index in [-0.39, 0.29) is 11.8 Å². The van der Waals surface area contributed by atoms with E-state index < -0.39 is 0 Å². The van der Waals surface area contributed by atoms with Crippen molar-refractivity contribution in [3.63, 3.8) is 0 Å². The molecule has 10 heavy (non-hydrogen) atoms. The topological polar surface area (TPSA) is 29.1 Å². The highest BCUT2D eigenvalue weighted by Crippen LogP contribution is 2.29. The lowest BCUT2D eigenvalue weighted by molar-refractivity contribution is -0.133. The predicted octanol–water partition coefficient (Wildman–Crippen LogP) is 0.824. The van der Waals surface area contributed by atoms with Crippen LogP contribution in [0.15, 0.2) is 12.2 Å².